The van der Waals surface area contributed by atoms with Crippen molar-refractivity contribution < 1.29 is 4.52 Å². The van der Waals surface area contributed by atoms with Crippen molar-refractivity contribution in [2.45, 2.75) is 37.8 Å². The minimum Gasteiger partial charge on any atom is -0.347 e. The van der Waals surface area contributed by atoms with Crippen molar-refractivity contribution in [3.05, 3.63) is 53.9 Å². The van der Waals surface area contributed by atoms with Crippen LogP contribution in [-0.4, -0.2) is 29.5 Å². The molecule has 5 rings (SSSR count). The predicted octanol–water partition coefficient (Wildman–Crippen LogP) is 5.34. The number of thiophene rings is 1. The van der Waals surface area contributed by atoms with Gasteiger partial charge in [0.2, 0.25) is 11.7 Å². The fourth-order valence-corrected chi connectivity index (χ4v) is 5.00. The van der Waals surface area contributed by atoms with Crippen LogP contribution in [0.15, 0.2) is 57.7 Å². The van der Waals surface area contributed by atoms with Gasteiger partial charge in [-0.1, -0.05) is 41.2 Å². The van der Waals surface area contributed by atoms with Gasteiger partial charge in [-0.2, -0.15) is 4.98 Å². The maximum atomic E-state index is 5.41. The Bertz CT molecular complexity index is 1280. The average Bonchev–Trinajstić information content (AvgIpc) is 3.57. The lowest BCUT2D eigenvalue weighted by Gasteiger charge is -2.05. The third-order valence-electron chi connectivity index (χ3n) is 4.94. The Balaban J connectivity index is 1.42. The lowest BCUT2D eigenvalue weighted by atomic mass is 10.1. The van der Waals surface area contributed by atoms with Gasteiger partial charge in [-0.15, -0.1) is 21.5 Å². The van der Waals surface area contributed by atoms with Gasteiger partial charge in [-0.05, 0) is 31.4 Å². The molecule has 0 bridgehead atoms. The molecule has 30 heavy (non-hydrogen) atoms. The van der Waals surface area contributed by atoms with Crippen molar-refractivity contribution >= 4 is 34.0 Å². The Kier molecular flexibility index (Phi) is 5.14. The number of hydrogen-bond acceptors (Lipinski definition) is 7. The second-order valence-electron chi connectivity index (χ2n) is 6.67. The molecule has 0 saturated carbocycles. The van der Waals surface area contributed by atoms with E-state index in [4.69, 9.17) is 4.52 Å². The largest absolute Gasteiger partial charge is 0.347 e. The van der Waals surface area contributed by atoms with E-state index in [2.05, 4.69) is 73.8 Å². The second-order valence-corrected chi connectivity index (χ2v) is 8.56. The quantitative estimate of drug-likeness (QED) is 0.321. The summed E-state index contributed by atoms with van der Waals surface area (Å²) in [4.78, 5) is 5.50. The Hall–Kier alpha value is -2.91. The zero-order valence-electron chi connectivity index (χ0n) is 16.6. The number of aromatic nitrogens is 6. The molecule has 0 aliphatic carbocycles. The summed E-state index contributed by atoms with van der Waals surface area (Å²) in [6, 6.07) is 12.4. The summed E-state index contributed by atoms with van der Waals surface area (Å²) in [6.07, 6.45) is 2.17. The predicted molar refractivity (Wildman–Crippen MR) is 119 cm³/mol. The van der Waals surface area contributed by atoms with E-state index in [0.29, 0.717) is 17.5 Å². The van der Waals surface area contributed by atoms with Gasteiger partial charge < -0.3 is 13.7 Å². The summed E-state index contributed by atoms with van der Waals surface area (Å²) >= 11 is 3.15. The smallest absolute Gasteiger partial charge is 0.237 e. The second kappa shape index (κ2) is 8.08. The first kappa shape index (κ1) is 19.1. The van der Waals surface area contributed by atoms with Gasteiger partial charge in [-0.3, -0.25) is 0 Å². The van der Waals surface area contributed by atoms with Crippen molar-refractivity contribution in [3.63, 3.8) is 0 Å². The number of nitrogens with zero attached hydrogens (tertiary/aromatic N) is 6. The number of benzene rings is 1. The fraction of sp³-hybridized carbons (Fsp3) is 0.238. The number of thioether (sulfide) groups is 1. The number of para-hydroxylation sites is 1. The van der Waals surface area contributed by atoms with Gasteiger partial charge in [0.25, 0.3) is 0 Å². The van der Waals surface area contributed by atoms with Gasteiger partial charge >= 0.3 is 0 Å². The lowest BCUT2D eigenvalue weighted by Crippen LogP contribution is -2.00. The maximum Gasteiger partial charge on any atom is 0.237 e. The molecule has 0 atom stereocenters. The van der Waals surface area contributed by atoms with Crippen LogP contribution in [0.4, 0.5) is 0 Å². The Labute approximate surface area is 181 Å². The van der Waals surface area contributed by atoms with E-state index in [9.17, 15) is 0 Å². The monoisotopic (exact) mass is 436 g/mol. The van der Waals surface area contributed by atoms with Crippen LogP contribution in [0.25, 0.3) is 33.0 Å². The zero-order chi connectivity index (χ0) is 20.5. The molecule has 0 N–H and O–H groups in total. The molecule has 152 valence electrons. The van der Waals surface area contributed by atoms with Gasteiger partial charge in [-0.25, -0.2) is 0 Å². The van der Waals surface area contributed by atoms with Crippen molar-refractivity contribution in [2.24, 2.45) is 0 Å². The van der Waals surface area contributed by atoms with E-state index in [0.717, 1.165) is 34.5 Å². The molecular formula is C21H20N6OS2. The van der Waals surface area contributed by atoms with E-state index < -0.39 is 0 Å². The highest BCUT2D eigenvalue weighted by Gasteiger charge is 2.19. The molecule has 7 nitrogen and oxygen atoms in total. The Morgan fingerprint density at radius 3 is 2.77 bits per heavy atom. The van der Waals surface area contributed by atoms with Gasteiger partial charge in [0.15, 0.2) is 11.0 Å². The molecule has 0 aliphatic rings. The average molecular weight is 437 g/mol. The Morgan fingerprint density at radius 2 is 1.97 bits per heavy atom. The maximum absolute atomic E-state index is 5.41. The van der Waals surface area contributed by atoms with Crippen LogP contribution < -0.4 is 0 Å². The molecular weight excluding hydrogens is 416 g/mol. The zero-order valence-corrected chi connectivity index (χ0v) is 18.3. The lowest BCUT2D eigenvalue weighted by molar-refractivity contribution is 0.391. The molecule has 0 unspecified atom stereocenters. The first-order valence-electron chi connectivity index (χ1n) is 9.79. The number of hydrogen-bond donors (Lipinski definition) is 0. The minimum absolute atomic E-state index is 0.549. The molecule has 0 saturated heterocycles. The summed E-state index contributed by atoms with van der Waals surface area (Å²) in [6.45, 7) is 5.95. The summed E-state index contributed by atoms with van der Waals surface area (Å²) in [7, 11) is 0. The summed E-state index contributed by atoms with van der Waals surface area (Å²) in [5.74, 6) is 2.64. The van der Waals surface area contributed by atoms with E-state index in [1.165, 1.54) is 10.9 Å². The fourth-order valence-electron chi connectivity index (χ4n) is 3.51. The molecule has 5 aromatic rings. The van der Waals surface area contributed by atoms with Gasteiger partial charge in [0.1, 0.15) is 0 Å². The molecule has 9 heteroatoms. The van der Waals surface area contributed by atoms with Crippen LogP contribution in [0.1, 0.15) is 19.7 Å². The topological polar surface area (TPSA) is 74.6 Å². The molecule has 0 aliphatic heterocycles. The molecule has 4 heterocycles. The normalized spacial score (nSPS) is 11.5. The third-order valence-corrected chi connectivity index (χ3v) is 6.75. The van der Waals surface area contributed by atoms with Crippen LogP contribution in [0.2, 0.25) is 0 Å². The van der Waals surface area contributed by atoms with E-state index in [1.54, 1.807) is 23.1 Å². The van der Waals surface area contributed by atoms with Crippen molar-refractivity contribution in [3.8, 4) is 22.1 Å². The van der Waals surface area contributed by atoms with Gasteiger partial charge in [0, 0.05) is 35.8 Å². The van der Waals surface area contributed by atoms with Crippen LogP contribution >= 0.6 is 23.1 Å². The molecule has 4 aromatic heterocycles. The number of rotatable bonds is 7. The molecule has 0 amide bonds. The first-order chi connectivity index (χ1) is 14.8. The number of fused-ring (bicyclic) bond motifs is 1. The van der Waals surface area contributed by atoms with E-state index in [-0.39, 0.29) is 0 Å². The minimum atomic E-state index is 0.549. The van der Waals surface area contributed by atoms with E-state index >= 15 is 0 Å². The molecule has 1 aromatic carbocycles. The van der Waals surface area contributed by atoms with E-state index in [1.807, 2.05) is 17.5 Å². The van der Waals surface area contributed by atoms with Crippen LogP contribution in [-0.2, 0) is 18.8 Å². The van der Waals surface area contributed by atoms with Crippen molar-refractivity contribution in [1.29, 1.82) is 0 Å². The Morgan fingerprint density at radius 1 is 1.07 bits per heavy atom. The number of aryl methyl sites for hydroxylation is 1. The van der Waals surface area contributed by atoms with Crippen molar-refractivity contribution in [2.75, 3.05) is 0 Å². The van der Waals surface area contributed by atoms with Crippen LogP contribution in [0.5, 0.6) is 0 Å². The highest BCUT2D eigenvalue weighted by atomic mass is 32.2. The van der Waals surface area contributed by atoms with Crippen molar-refractivity contribution in [1.82, 2.24) is 29.5 Å². The summed E-state index contributed by atoms with van der Waals surface area (Å²) in [5, 5.41) is 17.1. The highest BCUT2D eigenvalue weighted by Crippen LogP contribution is 2.32. The molecule has 0 fully saturated rings. The van der Waals surface area contributed by atoms with Crippen LogP contribution in [0, 0.1) is 0 Å². The standard InChI is InChI=1S/C21H20N6OS2/c1-3-26-12-15(14-8-5-6-9-16(14)26)20-23-24-21(27(20)4-2)30-13-18-22-19(25-28-18)17-10-7-11-29-17/h5-12H,3-4,13H2,1-2H3. The highest BCUT2D eigenvalue weighted by molar-refractivity contribution is 7.98. The van der Waals surface area contributed by atoms with Crippen LogP contribution in [0.3, 0.4) is 0 Å². The molecule has 0 radical (unpaired) electrons. The third kappa shape index (κ3) is 3.33. The summed E-state index contributed by atoms with van der Waals surface area (Å²) in [5.41, 5.74) is 2.31. The SMILES string of the molecule is CCn1c(SCc2nc(-c3cccs3)no2)nnc1-c1cn(CC)c2ccccc12. The first-order valence-corrected chi connectivity index (χ1v) is 11.7. The summed E-state index contributed by atoms with van der Waals surface area (Å²) < 4.78 is 9.80. The van der Waals surface area contributed by atoms with Gasteiger partial charge in [0.05, 0.1) is 10.6 Å². The molecule has 0 spiro atoms.